The summed E-state index contributed by atoms with van der Waals surface area (Å²) in [6.07, 6.45) is 0. The van der Waals surface area contributed by atoms with E-state index in [0.717, 1.165) is 15.8 Å². The lowest BCUT2D eigenvalue weighted by Crippen LogP contribution is -2.09. The Morgan fingerprint density at radius 3 is 2.52 bits per heavy atom. The molecule has 21 heavy (non-hydrogen) atoms. The Balaban J connectivity index is 1.96. The number of hydrogen-bond donors (Lipinski definition) is 0. The van der Waals surface area contributed by atoms with Gasteiger partial charge in [0.1, 0.15) is 10.6 Å². The molecule has 3 rings (SSSR count). The van der Waals surface area contributed by atoms with E-state index >= 15 is 0 Å². The van der Waals surface area contributed by atoms with Crippen LogP contribution < -0.4 is 9.12 Å². The zero-order valence-corrected chi connectivity index (χ0v) is 13.5. The zero-order valence-electron chi connectivity index (χ0n) is 10.3. The lowest BCUT2D eigenvalue weighted by atomic mass is 10.3. The van der Waals surface area contributed by atoms with Gasteiger partial charge in [0.15, 0.2) is 5.58 Å². The molecule has 0 spiro atoms. The second kappa shape index (κ2) is 5.28. The van der Waals surface area contributed by atoms with Gasteiger partial charge in [-0.3, -0.25) is 0 Å². The Hall–Kier alpha value is -1.64. The number of hydrogen-bond acceptors (Lipinski definition) is 6. The van der Waals surface area contributed by atoms with Gasteiger partial charge in [-0.05, 0) is 36.4 Å². The highest BCUT2D eigenvalue weighted by Gasteiger charge is 2.17. The van der Waals surface area contributed by atoms with Crippen molar-refractivity contribution in [1.82, 2.24) is 0 Å². The van der Waals surface area contributed by atoms with Crippen molar-refractivity contribution in [3.05, 3.63) is 56.7 Å². The first-order chi connectivity index (χ1) is 9.94. The molecule has 2 aromatic carbocycles. The third-order valence-electron chi connectivity index (χ3n) is 2.61. The van der Waals surface area contributed by atoms with Crippen LogP contribution in [0.1, 0.15) is 0 Å². The van der Waals surface area contributed by atoms with E-state index in [1.54, 1.807) is 18.2 Å². The van der Waals surface area contributed by atoms with Crippen LogP contribution in [0.4, 0.5) is 0 Å². The molecule has 0 saturated carbocycles. The van der Waals surface area contributed by atoms with Crippen molar-refractivity contribution in [2.45, 2.75) is 4.90 Å². The van der Waals surface area contributed by atoms with Crippen molar-refractivity contribution in [3.8, 4) is 5.75 Å². The molecular weight excluding hydrogens is 380 g/mol. The predicted octanol–water partition coefficient (Wildman–Crippen LogP) is 3.38. The first-order valence-corrected chi connectivity index (χ1v) is 8.69. The molecule has 0 fully saturated rings. The third kappa shape index (κ3) is 3.02. The minimum Gasteiger partial charge on any atom is -0.414 e. The number of rotatable bonds is 3. The SMILES string of the molecule is O=c1oc2cc(OS(=O)(=O)c3ccc(Br)cc3)ccc2s1. The van der Waals surface area contributed by atoms with E-state index in [1.807, 2.05) is 0 Å². The predicted molar refractivity (Wildman–Crippen MR) is 82.3 cm³/mol. The molecule has 5 nitrogen and oxygen atoms in total. The van der Waals surface area contributed by atoms with Crippen molar-refractivity contribution in [2.75, 3.05) is 0 Å². The molecule has 3 aromatic rings. The molecule has 0 aliphatic carbocycles. The Kier molecular flexibility index (Phi) is 3.60. The molecule has 108 valence electrons. The van der Waals surface area contributed by atoms with Crippen molar-refractivity contribution >= 4 is 47.7 Å². The Bertz CT molecular complexity index is 954. The second-order valence-corrected chi connectivity index (χ2v) is 7.49. The molecule has 0 saturated heterocycles. The van der Waals surface area contributed by atoms with Gasteiger partial charge in [0.2, 0.25) is 0 Å². The lowest BCUT2D eigenvalue weighted by Gasteiger charge is -2.06. The zero-order chi connectivity index (χ0) is 15.0. The summed E-state index contributed by atoms with van der Waals surface area (Å²) in [6, 6.07) is 10.5. The molecule has 0 bridgehead atoms. The number of halogens is 1. The summed E-state index contributed by atoms with van der Waals surface area (Å²) in [4.78, 5) is 10.7. The summed E-state index contributed by atoms with van der Waals surface area (Å²) < 4.78 is 35.6. The number of fused-ring (bicyclic) bond motifs is 1. The standard InChI is InChI=1S/C13H7BrO5S2/c14-8-1-4-10(5-2-8)21(16,17)19-9-3-6-12-11(7-9)18-13(15)20-12/h1-7H. The van der Waals surface area contributed by atoms with E-state index in [9.17, 15) is 13.2 Å². The molecule has 8 heteroatoms. The van der Waals surface area contributed by atoms with E-state index in [1.165, 1.54) is 24.3 Å². The van der Waals surface area contributed by atoms with Gasteiger partial charge in [-0.1, -0.05) is 27.3 Å². The van der Waals surface area contributed by atoms with Crippen molar-refractivity contribution in [2.24, 2.45) is 0 Å². The summed E-state index contributed by atoms with van der Waals surface area (Å²) >= 11 is 4.18. The topological polar surface area (TPSA) is 73.6 Å². The fourth-order valence-electron chi connectivity index (χ4n) is 1.68. The van der Waals surface area contributed by atoms with Crippen molar-refractivity contribution < 1.29 is 17.0 Å². The molecule has 0 radical (unpaired) electrons. The van der Waals surface area contributed by atoms with Gasteiger partial charge in [0, 0.05) is 10.5 Å². The third-order valence-corrected chi connectivity index (χ3v) is 5.21. The smallest absolute Gasteiger partial charge is 0.396 e. The summed E-state index contributed by atoms with van der Waals surface area (Å²) in [6.45, 7) is 0. The average Bonchev–Trinajstić information content (AvgIpc) is 2.78. The number of benzene rings is 2. The summed E-state index contributed by atoms with van der Waals surface area (Å²) in [5.74, 6) is 0.0898. The molecule has 0 N–H and O–H groups in total. The monoisotopic (exact) mass is 386 g/mol. The van der Waals surface area contributed by atoms with Gasteiger partial charge in [0.25, 0.3) is 0 Å². The highest BCUT2D eigenvalue weighted by molar-refractivity contribution is 9.10. The maximum atomic E-state index is 12.1. The second-order valence-electron chi connectivity index (χ2n) is 4.05. The quantitative estimate of drug-likeness (QED) is 0.645. The molecule has 0 aliphatic rings. The van der Waals surface area contributed by atoms with Gasteiger partial charge < -0.3 is 8.60 Å². The molecule has 0 amide bonds. The van der Waals surface area contributed by atoms with E-state index in [-0.39, 0.29) is 10.6 Å². The van der Waals surface area contributed by atoms with Crippen LogP contribution in [0.5, 0.6) is 5.75 Å². The van der Waals surface area contributed by atoms with Crippen molar-refractivity contribution in [1.29, 1.82) is 0 Å². The van der Waals surface area contributed by atoms with Gasteiger partial charge in [-0.15, -0.1) is 0 Å². The maximum Gasteiger partial charge on any atom is 0.396 e. The van der Waals surface area contributed by atoms with Crippen LogP contribution in [0, 0.1) is 0 Å². The van der Waals surface area contributed by atoms with E-state index < -0.39 is 15.1 Å². The first kappa shape index (κ1) is 14.3. The highest BCUT2D eigenvalue weighted by atomic mass is 79.9. The normalized spacial score (nSPS) is 11.7. The van der Waals surface area contributed by atoms with Crippen LogP contribution in [0.3, 0.4) is 0 Å². The molecule has 0 aliphatic heterocycles. The largest absolute Gasteiger partial charge is 0.414 e. The van der Waals surface area contributed by atoms with Crippen LogP contribution in [0.2, 0.25) is 0 Å². The minimum absolute atomic E-state index is 0.0394. The van der Waals surface area contributed by atoms with Gasteiger partial charge in [-0.25, -0.2) is 4.79 Å². The van der Waals surface area contributed by atoms with Crippen LogP contribution in [-0.4, -0.2) is 8.42 Å². The fraction of sp³-hybridized carbons (Fsp3) is 0. The molecule has 0 unspecified atom stereocenters. The molecule has 0 atom stereocenters. The van der Waals surface area contributed by atoms with Crippen LogP contribution >= 0.6 is 27.3 Å². The van der Waals surface area contributed by atoms with E-state index in [2.05, 4.69) is 15.9 Å². The molecule has 1 heterocycles. The summed E-state index contributed by atoms with van der Waals surface area (Å²) in [5, 5.41) is 0. The first-order valence-electron chi connectivity index (χ1n) is 5.68. The van der Waals surface area contributed by atoms with E-state index in [0.29, 0.717) is 10.3 Å². The minimum atomic E-state index is -3.93. The van der Waals surface area contributed by atoms with Gasteiger partial charge in [0.05, 0.1) is 4.70 Å². The maximum absolute atomic E-state index is 12.1. The van der Waals surface area contributed by atoms with E-state index in [4.69, 9.17) is 8.60 Å². The van der Waals surface area contributed by atoms with Gasteiger partial charge in [-0.2, -0.15) is 8.42 Å². The Morgan fingerprint density at radius 1 is 1.10 bits per heavy atom. The fourth-order valence-corrected chi connectivity index (χ4v) is 3.52. The Labute approximate surface area is 132 Å². The summed E-state index contributed by atoms with van der Waals surface area (Å²) in [5.41, 5.74) is 0.300. The highest BCUT2D eigenvalue weighted by Crippen LogP contribution is 2.25. The molecule has 1 aromatic heterocycles. The van der Waals surface area contributed by atoms with Gasteiger partial charge >= 0.3 is 15.1 Å². The summed E-state index contributed by atoms with van der Waals surface area (Å²) in [7, 11) is -3.93. The van der Waals surface area contributed by atoms with Crippen LogP contribution in [0.15, 0.2) is 61.0 Å². The van der Waals surface area contributed by atoms with Crippen LogP contribution in [-0.2, 0) is 10.1 Å². The average molecular weight is 387 g/mol. The Morgan fingerprint density at radius 2 is 1.81 bits per heavy atom. The van der Waals surface area contributed by atoms with Crippen LogP contribution in [0.25, 0.3) is 10.3 Å². The lowest BCUT2D eigenvalue weighted by molar-refractivity contribution is 0.485. The van der Waals surface area contributed by atoms with Crippen molar-refractivity contribution in [3.63, 3.8) is 0 Å². The molecular formula is C13H7BrO5S2.